The number of aromatic nitrogens is 6. The number of benzene rings is 2. The van der Waals surface area contributed by atoms with E-state index in [0.717, 1.165) is 76.7 Å². The average Bonchev–Trinajstić information content (AvgIpc) is 4.03. The Balaban J connectivity index is 0.993. The number of hydrogen-bond acceptors (Lipinski definition) is 9. The van der Waals surface area contributed by atoms with E-state index in [9.17, 15) is 14.4 Å². The number of imidazole rings is 2. The van der Waals surface area contributed by atoms with E-state index in [1.165, 1.54) is 13.4 Å². The van der Waals surface area contributed by atoms with Crippen molar-refractivity contribution in [2.24, 2.45) is 5.92 Å². The van der Waals surface area contributed by atoms with Crippen LogP contribution in [0.4, 0.5) is 10.5 Å². The molecule has 3 aromatic heterocycles. The van der Waals surface area contributed by atoms with E-state index in [1.807, 2.05) is 24.9 Å². The number of methoxy groups -OCH3 is 1. The number of anilines is 1. The first-order valence-corrected chi connectivity index (χ1v) is 18.5. The molecule has 0 unspecified atom stereocenters. The van der Waals surface area contributed by atoms with Crippen LogP contribution in [0, 0.1) is 5.92 Å². The minimum absolute atomic E-state index is 0.0473. The van der Waals surface area contributed by atoms with Gasteiger partial charge in [-0.3, -0.25) is 9.59 Å². The van der Waals surface area contributed by atoms with Crippen LogP contribution >= 0.6 is 0 Å². The monoisotopic (exact) mass is 730 g/mol. The number of hydrogen-bond donors (Lipinski definition) is 4. The van der Waals surface area contributed by atoms with E-state index in [4.69, 9.17) is 4.98 Å². The Morgan fingerprint density at radius 1 is 0.722 bits per heavy atom. The van der Waals surface area contributed by atoms with E-state index in [-0.39, 0.29) is 29.8 Å². The van der Waals surface area contributed by atoms with Gasteiger partial charge in [0.1, 0.15) is 30.1 Å². The molecule has 2 aliphatic rings. The molecule has 14 nitrogen and oxygen atoms in total. The van der Waals surface area contributed by atoms with E-state index in [2.05, 4.69) is 88.8 Å². The van der Waals surface area contributed by atoms with Crippen LogP contribution in [-0.4, -0.2) is 89.9 Å². The summed E-state index contributed by atoms with van der Waals surface area (Å²) in [5.41, 5.74) is 6.64. The molecule has 5 heterocycles. The summed E-state index contributed by atoms with van der Waals surface area (Å²) in [7, 11) is 1.28. The van der Waals surface area contributed by atoms with Crippen LogP contribution in [-0.2, 0) is 14.3 Å². The number of H-pyrrole nitrogens is 2. The van der Waals surface area contributed by atoms with Crippen LogP contribution < -0.4 is 10.6 Å². The van der Waals surface area contributed by atoms with Crippen LogP contribution in [0.2, 0.25) is 0 Å². The summed E-state index contributed by atoms with van der Waals surface area (Å²) in [4.78, 5) is 66.7. The zero-order valence-corrected chi connectivity index (χ0v) is 31.0. The van der Waals surface area contributed by atoms with Gasteiger partial charge in [-0.25, -0.2) is 24.7 Å². The summed E-state index contributed by atoms with van der Waals surface area (Å²) >= 11 is 0. The predicted octanol–water partition coefficient (Wildman–Crippen LogP) is 6.13. The molecule has 54 heavy (non-hydrogen) atoms. The highest BCUT2D eigenvalue weighted by Crippen LogP contribution is 2.35. The third-order valence-corrected chi connectivity index (χ3v) is 10.3. The zero-order valence-electron chi connectivity index (χ0n) is 31.0. The lowest BCUT2D eigenvalue weighted by atomic mass is 10.0. The Morgan fingerprint density at radius 3 is 1.69 bits per heavy atom. The maximum Gasteiger partial charge on any atom is 0.407 e. The fraction of sp³-hybridized carbons (Fsp3) is 0.375. The number of nitrogens with one attached hydrogen (secondary N) is 4. The first-order valence-electron chi connectivity index (χ1n) is 18.5. The maximum atomic E-state index is 13.8. The molecule has 280 valence electrons. The number of rotatable bonds is 11. The molecule has 7 rings (SSSR count). The number of aromatic amines is 2. The van der Waals surface area contributed by atoms with Gasteiger partial charge in [0.15, 0.2) is 0 Å². The molecule has 4 atom stereocenters. The summed E-state index contributed by atoms with van der Waals surface area (Å²) in [6.07, 6.45) is 11.3. The highest BCUT2D eigenvalue weighted by molar-refractivity contribution is 5.86. The first-order chi connectivity index (χ1) is 26.2. The van der Waals surface area contributed by atoms with Crippen molar-refractivity contribution in [2.75, 3.05) is 25.5 Å². The summed E-state index contributed by atoms with van der Waals surface area (Å²) < 4.78 is 4.65. The molecule has 3 amide bonds. The number of nitrogens with zero attached hydrogens (tertiary/aromatic N) is 6. The van der Waals surface area contributed by atoms with Crippen molar-refractivity contribution >= 4 is 23.6 Å². The van der Waals surface area contributed by atoms with Gasteiger partial charge < -0.3 is 35.1 Å². The Bertz CT molecular complexity index is 2060. The number of ether oxygens (including phenoxy) is 1. The topological polar surface area (TPSA) is 174 Å². The average molecular weight is 731 g/mol. The van der Waals surface area contributed by atoms with Gasteiger partial charge in [0.05, 0.1) is 61.1 Å². The molecule has 0 saturated carbocycles. The molecule has 0 aliphatic carbocycles. The largest absolute Gasteiger partial charge is 0.453 e. The van der Waals surface area contributed by atoms with Crippen LogP contribution in [0.3, 0.4) is 0 Å². The summed E-state index contributed by atoms with van der Waals surface area (Å²) in [6, 6.07) is 15.2. The normalized spacial score (nSPS) is 18.1. The van der Waals surface area contributed by atoms with Gasteiger partial charge in [0.2, 0.25) is 11.8 Å². The summed E-state index contributed by atoms with van der Waals surface area (Å²) in [5.74, 6) is 1.47. The number of likely N-dealkylation sites (tertiary alicyclic amines) is 2. The molecule has 2 saturated heterocycles. The van der Waals surface area contributed by atoms with Gasteiger partial charge in [-0.15, -0.1) is 0 Å². The van der Waals surface area contributed by atoms with Crippen molar-refractivity contribution in [3.8, 4) is 33.6 Å². The van der Waals surface area contributed by atoms with E-state index in [1.54, 1.807) is 30.4 Å². The van der Waals surface area contributed by atoms with Gasteiger partial charge in [-0.1, -0.05) is 62.4 Å². The molecule has 0 radical (unpaired) electrons. The van der Waals surface area contributed by atoms with Gasteiger partial charge in [0, 0.05) is 13.1 Å². The lowest BCUT2D eigenvalue weighted by Gasteiger charge is -2.30. The first kappa shape index (κ1) is 36.3. The van der Waals surface area contributed by atoms with E-state index >= 15 is 0 Å². The van der Waals surface area contributed by atoms with Crippen molar-refractivity contribution in [2.45, 2.75) is 70.6 Å². The van der Waals surface area contributed by atoms with Gasteiger partial charge in [-0.05, 0) is 60.8 Å². The standard InChI is InChI=1S/C40H46N10O4/c1-24(2)35(46-30-19-41-23-42-20-30)39(52)50-18-6-8-34(50)37-44-22-32(48-37)29-15-11-27(12-16-29)26-9-13-28(14-10-26)31-21-43-36(47-31)33-7-5-17-49(33)38(51)25(3)45-40(53)54-4/h9-16,19-25,33-35,46H,5-8,17-18H2,1-4H3,(H,43,47)(H,44,48)(H,45,53)/t25-,33-,34-,35-/m0/s1. The molecular weight excluding hydrogens is 685 g/mol. The third-order valence-electron chi connectivity index (χ3n) is 10.3. The van der Waals surface area contributed by atoms with Crippen molar-refractivity contribution in [1.29, 1.82) is 0 Å². The van der Waals surface area contributed by atoms with E-state index < -0.39 is 18.2 Å². The fourth-order valence-electron chi connectivity index (χ4n) is 7.41. The summed E-state index contributed by atoms with van der Waals surface area (Å²) in [6.45, 7) is 7.02. The van der Waals surface area contributed by atoms with Gasteiger partial charge in [-0.2, -0.15) is 0 Å². The van der Waals surface area contributed by atoms with Gasteiger partial charge in [0.25, 0.3) is 0 Å². The smallest absolute Gasteiger partial charge is 0.407 e. The second-order valence-electron chi connectivity index (χ2n) is 14.2. The van der Waals surface area contributed by atoms with Crippen LogP contribution in [0.1, 0.15) is 70.2 Å². The second kappa shape index (κ2) is 15.9. The Kier molecular flexibility index (Phi) is 10.7. The Morgan fingerprint density at radius 2 is 1.20 bits per heavy atom. The number of carbonyl (C=O) groups is 3. The van der Waals surface area contributed by atoms with Gasteiger partial charge >= 0.3 is 6.09 Å². The van der Waals surface area contributed by atoms with Crippen molar-refractivity contribution in [3.05, 3.63) is 91.3 Å². The second-order valence-corrected chi connectivity index (χ2v) is 14.2. The molecule has 2 aromatic carbocycles. The molecule has 2 aliphatic heterocycles. The van der Waals surface area contributed by atoms with Crippen LogP contribution in [0.15, 0.2) is 79.6 Å². The lowest BCUT2D eigenvalue weighted by Crippen LogP contribution is -2.46. The predicted molar refractivity (Wildman–Crippen MR) is 204 cm³/mol. The quantitative estimate of drug-likeness (QED) is 0.125. The van der Waals surface area contributed by atoms with Crippen LogP contribution in [0.5, 0.6) is 0 Å². The molecule has 4 N–H and O–H groups in total. The molecular formula is C40H46N10O4. The number of carbonyl (C=O) groups excluding carboxylic acids is 3. The number of alkyl carbamates (subject to hydrolysis) is 1. The van der Waals surface area contributed by atoms with Crippen LogP contribution in [0.25, 0.3) is 33.6 Å². The van der Waals surface area contributed by atoms with E-state index in [0.29, 0.717) is 13.1 Å². The number of amides is 3. The third kappa shape index (κ3) is 7.68. The molecule has 2 fully saturated rings. The highest BCUT2D eigenvalue weighted by atomic mass is 16.5. The SMILES string of the molecule is COC(=O)N[C@@H](C)C(=O)N1CCC[C@H]1c1ncc(-c2ccc(-c3ccc(-c4cnc([C@@H]5CCCN5C(=O)[C@@H](Nc5cncnc5)C(C)C)[nH]4)cc3)cc2)[nH]1. The minimum atomic E-state index is -0.700. The fourth-order valence-corrected chi connectivity index (χ4v) is 7.41. The zero-order chi connectivity index (χ0) is 37.8. The lowest BCUT2D eigenvalue weighted by molar-refractivity contribution is -0.134. The summed E-state index contributed by atoms with van der Waals surface area (Å²) in [5, 5.41) is 5.90. The molecule has 5 aromatic rings. The molecule has 0 bridgehead atoms. The molecule has 14 heteroatoms. The molecule has 0 spiro atoms. The van der Waals surface area contributed by atoms with Crippen molar-refractivity contribution in [3.63, 3.8) is 0 Å². The maximum absolute atomic E-state index is 13.8. The minimum Gasteiger partial charge on any atom is -0.453 e. The Labute approximate surface area is 314 Å². The van der Waals surface area contributed by atoms with Crippen molar-refractivity contribution in [1.82, 2.24) is 45.0 Å². The Hall–Kier alpha value is -6.05. The highest BCUT2D eigenvalue weighted by Gasteiger charge is 2.37. The van der Waals surface area contributed by atoms with Crippen molar-refractivity contribution < 1.29 is 19.1 Å².